The third-order valence-electron chi connectivity index (χ3n) is 3.74. The number of phosphoric ester groups is 1. The predicted molar refractivity (Wildman–Crippen MR) is 80.7 cm³/mol. The van der Waals surface area contributed by atoms with Crippen LogP contribution in [0.15, 0.2) is 18.6 Å². The molecule has 11 nitrogen and oxygen atoms in total. The highest BCUT2D eigenvalue weighted by molar-refractivity contribution is 7.47. The first-order valence-corrected chi connectivity index (χ1v) is 8.45. The van der Waals surface area contributed by atoms with Gasteiger partial charge in [-0.2, -0.15) is 0 Å². The Hall–Kier alpha value is -1.59. The average Bonchev–Trinajstić information content (AvgIpc) is 3.10. The fourth-order valence-electron chi connectivity index (χ4n) is 2.46. The number of hydrogen-bond acceptors (Lipinski definition) is 9. The lowest BCUT2D eigenvalue weighted by molar-refractivity contribution is -0.0509. The summed E-state index contributed by atoms with van der Waals surface area (Å²) in [7, 11) is -3.21. The van der Waals surface area contributed by atoms with Gasteiger partial charge in [-0.3, -0.25) is 13.6 Å². The Morgan fingerprint density at radius 2 is 2.17 bits per heavy atom. The summed E-state index contributed by atoms with van der Waals surface area (Å²) in [4.78, 5) is 17.5. The number of rotatable bonds is 5. The number of aliphatic hydroxyl groups is 2. The highest BCUT2D eigenvalue weighted by atomic mass is 31.2. The summed E-state index contributed by atoms with van der Waals surface area (Å²) in [5.41, 5.74) is 7.02. The fraction of sp³-hybridized carbons (Fsp3) is 0.500. The van der Waals surface area contributed by atoms with Crippen LogP contribution in [0.5, 0.6) is 0 Å². The number of hydrogen-bond donors (Lipinski definition) is 4. The summed E-state index contributed by atoms with van der Waals surface area (Å²) in [5.74, 6) is 0. The third-order valence-corrected chi connectivity index (χ3v) is 4.67. The minimum atomic E-state index is -4.22. The molecule has 2 unspecified atom stereocenters. The summed E-state index contributed by atoms with van der Waals surface area (Å²) in [6.45, 7) is -0.446. The van der Waals surface area contributed by atoms with Gasteiger partial charge in [0, 0.05) is 13.3 Å². The Kier molecular flexibility index (Phi) is 4.58. The fourth-order valence-corrected chi connectivity index (χ4v) is 2.90. The SMILES string of the molecule is COP(=O)(O)OC[C@H]1O[C@@H](n2cnc3c(N)ccnc32)[C@@H](O)C1O. The van der Waals surface area contributed by atoms with Gasteiger partial charge in [-0.1, -0.05) is 0 Å². The van der Waals surface area contributed by atoms with Crippen LogP contribution in [0, 0.1) is 0 Å². The van der Waals surface area contributed by atoms with Crippen molar-refractivity contribution in [3.63, 3.8) is 0 Å². The lowest BCUT2D eigenvalue weighted by atomic mass is 10.1. The van der Waals surface area contributed by atoms with Gasteiger partial charge < -0.3 is 25.6 Å². The largest absolute Gasteiger partial charge is 0.472 e. The second-order valence-corrected chi connectivity index (χ2v) is 6.78. The van der Waals surface area contributed by atoms with Gasteiger partial charge >= 0.3 is 7.82 Å². The van der Waals surface area contributed by atoms with Gasteiger partial charge in [0.1, 0.15) is 23.8 Å². The van der Waals surface area contributed by atoms with Gasteiger partial charge in [0.2, 0.25) is 0 Å². The zero-order valence-electron chi connectivity index (χ0n) is 12.6. The van der Waals surface area contributed by atoms with E-state index >= 15 is 0 Å². The molecular weight excluding hydrogens is 343 g/mol. The van der Waals surface area contributed by atoms with Crippen LogP contribution in [0.3, 0.4) is 0 Å². The molecule has 0 bridgehead atoms. The van der Waals surface area contributed by atoms with E-state index in [-0.39, 0.29) is 0 Å². The van der Waals surface area contributed by atoms with E-state index in [4.69, 9.17) is 10.5 Å². The van der Waals surface area contributed by atoms with Gasteiger partial charge in [-0.25, -0.2) is 14.5 Å². The maximum atomic E-state index is 11.3. The van der Waals surface area contributed by atoms with Crippen LogP contribution in [0.1, 0.15) is 6.23 Å². The molecule has 3 heterocycles. The minimum absolute atomic E-state index is 0.373. The van der Waals surface area contributed by atoms with Gasteiger partial charge in [-0.15, -0.1) is 0 Å². The van der Waals surface area contributed by atoms with Gasteiger partial charge in [-0.05, 0) is 6.07 Å². The van der Waals surface area contributed by atoms with Crippen LogP contribution in [0.4, 0.5) is 5.69 Å². The number of imidazole rings is 1. The van der Waals surface area contributed by atoms with Crippen LogP contribution in [0.25, 0.3) is 11.2 Å². The van der Waals surface area contributed by atoms with Crippen molar-refractivity contribution in [1.29, 1.82) is 0 Å². The normalized spacial score (nSPS) is 29.8. The van der Waals surface area contributed by atoms with Gasteiger partial charge in [0.15, 0.2) is 11.9 Å². The first-order valence-electron chi connectivity index (χ1n) is 6.95. The molecule has 0 spiro atoms. The Bertz CT molecular complexity index is 784. The highest BCUT2D eigenvalue weighted by Crippen LogP contribution is 2.43. The van der Waals surface area contributed by atoms with Gasteiger partial charge in [0.25, 0.3) is 0 Å². The molecule has 2 aromatic rings. The molecule has 132 valence electrons. The van der Waals surface area contributed by atoms with Crippen molar-refractivity contribution in [2.24, 2.45) is 0 Å². The molecule has 5 N–H and O–H groups in total. The molecule has 1 saturated heterocycles. The van der Waals surface area contributed by atoms with Crippen molar-refractivity contribution in [2.75, 3.05) is 19.5 Å². The average molecular weight is 360 g/mol. The summed E-state index contributed by atoms with van der Waals surface area (Å²) >= 11 is 0. The maximum absolute atomic E-state index is 11.3. The zero-order chi connectivity index (χ0) is 17.5. The number of aliphatic hydroxyl groups excluding tert-OH is 2. The summed E-state index contributed by atoms with van der Waals surface area (Å²) in [5, 5.41) is 20.3. The molecule has 1 fully saturated rings. The van der Waals surface area contributed by atoms with E-state index in [9.17, 15) is 19.7 Å². The summed E-state index contributed by atoms with van der Waals surface area (Å²) in [6.07, 6.45) is -1.85. The molecule has 0 aromatic carbocycles. The lowest BCUT2D eigenvalue weighted by Gasteiger charge is -2.17. The number of aromatic nitrogens is 3. The number of fused-ring (bicyclic) bond motifs is 1. The van der Waals surface area contributed by atoms with Crippen LogP contribution in [0.2, 0.25) is 0 Å². The Morgan fingerprint density at radius 1 is 1.42 bits per heavy atom. The van der Waals surface area contributed by atoms with Crippen LogP contribution in [-0.4, -0.2) is 61.7 Å². The van der Waals surface area contributed by atoms with Crippen molar-refractivity contribution in [2.45, 2.75) is 24.5 Å². The monoisotopic (exact) mass is 360 g/mol. The predicted octanol–water partition coefficient (Wildman–Crippen LogP) is -0.604. The third kappa shape index (κ3) is 3.03. The lowest BCUT2D eigenvalue weighted by Crippen LogP contribution is -2.33. The quantitative estimate of drug-likeness (QED) is 0.506. The second-order valence-electron chi connectivity index (χ2n) is 5.22. The summed E-state index contributed by atoms with van der Waals surface area (Å²) < 4.78 is 27.3. The number of nitrogens with zero attached hydrogens (tertiary/aromatic N) is 3. The highest BCUT2D eigenvalue weighted by Gasteiger charge is 2.45. The zero-order valence-corrected chi connectivity index (χ0v) is 13.5. The van der Waals surface area contributed by atoms with Crippen molar-refractivity contribution < 1.29 is 33.5 Å². The molecule has 0 radical (unpaired) electrons. The van der Waals surface area contributed by atoms with E-state index in [1.54, 1.807) is 6.07 Å². The van der Waals surface area contributed by atoms with Crippen molar-refractivity contribution in [3.8, 4) is 0 Å². The smallest absolute Gasteiger partial charge is 0.397 e. The number of pyridine rings is 1. The minimum Gasteiger partial charge on any atom is -0.397 e. The molecule has 1 aliphatic rings. The molecule has 3 rings (SSSR count). The van der Waals surface area contributed by atoms with Crippen LogP contribution < -0.4 is 5.73 Å². The molecule has 0 aliphatic carbocycles. The van der Waals surface area contributed by atoms with Crippen molar-refractivity contribution in [1.82, 2.24) is 14.5 Å². The van der Waals surface area contributed by atoms with Gasteiger partial charge in [0.05, 0.1) is 18.6 Å². The number of anilines is 1. The number of nitrogens with two attached hydrogens (primary N) is 1. The number of phosphoric acid groups is 1. The van der Waals surface area contributed by atoms with Crippen molar-refractivity contribution in [3.05, 3.63) is 18.6 Å². The molecule has 0 saturated carbocycles. The topological polar surface area (TPSA) is 162 Å². The molecule has 5 atom stereocenters. The molecule has 2 aromatic heterocycles. The first-order chi connectivity index (χ1) is 11.3. The summed E-state index contributed by atoms with van der Waals surface area (Å²) in [6, 6.07) is 1.58. The Balaban J connectivity index is 1.82. The van der Waals surface area contributed by atoms with E-state index < -0.39 is 39.0 Å². The first kappa shape index (κ1) is 17.2. The van der Waals surface area contributed by atoms with Crippen LogP contribution >= 0.6 is 7.82 Å². The Labute approximate surface area is 136 Å². The van der Waals surface area contributed by atoms with E-state index in [0.717, 1.165) is 7.11 Å². The van der Waals surface area contributed by atoms with Crippen molar-refractivity contribution >= 4 is 24.7 Å². The molecule has 12 heteroatoms. The van der Waals surface area contributed by atoms with Crippen LogP contribution in [-0.2, 0) is 18.3 Å². The standard InChI is InChI=1S/C12H17N4O7P/c1-21-24(19,20)22-4-7-9(17)10(18)12(23-7)16-5-15-8-6(13)2-3-14-11(8)16/h2-3,5,7,9-10,12,17-18H,4H2,1H3,(H2,13,14)(H,19,20)/t7-,9?,10+,12-/m1/s1. The van der Waals surface area contributed by atoms with E-state index in [0.29, 0.717) is 16.9 Å². The molecular formula is C12H17N4O7P. The second kappa shape index (κ2) is 6.37. The van der Waals surface area contributed by atoms with E-state index in [1.807, 2.05) is 0 Å². The Morgan fingerprint density at radius 3 is 2.88 bits per heavy atom. The molecule has 1 aliphatic heterocycles. The number of nitrogen functional groups attached to an aromatic ring is 1. The molecule has 24 heavy (non-hydrogen) atoms. The molecule has 0 amide bonds. The maximum Gasteiger partial charge on any atom is 0.472 e. The number of ether oxygens (including phenoxy) is 1. The van der Waals surface area contributed by atoms with E-state index in [1.165, 1.54) is 17.1 Å². The van der Waals surface area contributed by atoms with E-state index in [2.05, 4.69) is 19.0 Å².